The molecular formula is C16H18N2O. The highest BCUT2D eigenvalue weighted by atomic mass is 16.5. The first kappa shape index (κ1) is 12.2. The summed E-state index contributed by atoms with van der Waals surface area (Å²) in [5.74, 6) is 1.03. The van der Waals surface area contributed by atoms with Crippen LogP contribution in [0.3, 0.4) is 0 Å². The molecule has 2 atom stereocenters. The Bertz CT molecular complexity index is 516. The minimum absolute atomic E-state index is 0.238. The molecule has 0 bridgehead atoms. The first-order valence-corrected chi connectivity index (χ1v) is 6.71. The lowest BCUT2D eigenvalue weighted by molar-refractivity contribution is 0.222. The number of aromatic nitrogens is 1. The van der Waals surface area contributed by atoms with E-state index in [0.29, 0.717) is 6.04 Å². The molecule has 2 heterocycles. The van der Waals surface area contributed by atoms with E-state index in [1.807, 2.05) is 36.7 Å². The van der Waals surface area contributed by atoms with Crippen LogP contribution >= 0.6 is 0 Å². The lowest BCUT2D eigenvalue weighted by Gasteiger charge is -2.17. The lowest BCUT2D eigenvalue weighted by atomic mass is 10.1. The monoisotopic (exact) mass is 254 g/mol. The highest BCUT2D eigenvalue weighted by molar-refractivity contribution is 5.37. The van der Waals surface area contributed by atoms with Crippen molar-refractivity contribution in [1.82, 2.24) is 10.3 Å². The van der Waals surface area contributed by atoms with Gasteiger partial charge in [0.25, 0.3) is 0 Å². The van der Waals surface area contributed by atoms with E-state index in [4.69, 9.17) is 4.74 Å². The molecule has 3 rings (SSSR count). The van der Waals surface area contributed by atoms with Gasteiger partial charge in [0.1, 0.15) is 11.9 Å². The maximum absolute atomic E-state index is 5.92. The molecular weight excluding hydrogens is 236 g/mol. The third kappa shape index (κ3) is 2.76. The molecule has 1 N–H and O–H groups in total. The number of nitrogens with zero attached hydrogens (tertiary/aromatic N) is 1. The van der Waals surface area contributed by atoms with E-state index in [2.05, 4.69) is 29.4 Å². The van der Waals surface area contributed by atoms with Gasteiger partial charge in [-0.15, -0.1) is 0 Å². The number of benzene rings is 1. The average molecular weight is 254 g/mol. The smallest absolute Gasteiger partial charge is 0.123 e. The van der Waals surface area contributed by atoms with Crippen molar-refractivity contribution < 1.29 is 4.74 Å². The molecule has 1 aromatic carbocycles. The molecule has 1 aliphatic heterocycles. The van der Waals surface area contributed by atoms with E-state index in [1.165, 1.54) is 11.1 Å². The second-order valence-corrected chi connectivity index (χ2v) is 4.96. The number of nitrogens with one attached hydrogen (secondary N) is 1. The van der Waals surface area contributed by atoms with Crippen LogP contribution in [0.15, 0.2) is 48.8 Å². The van der Waals surface area contributed by atoms with Gasteiger partial charge in [-0.2, -0.15) is 0 Å². The van der Waals surface area contributed by atoms with Crippen LogP contribution in [0.2, 0.25) is 0 Å². The highest BCUT2D eigenvalue weighted by Crippen LogP contribution is 2.28. The van der Waals surface area contributed by atoms with Gasteiger partial charge in [0.05, 0.1) is 0 Å². The normalized spacial score (nSPS) is 18.7. The fraction of sp³-hybridized carbons (Fsp3) is 0.312. The average Bonchev–Trinajstić information content (AvgIpc) is 2.88. The van der Waals surface area contributed by atoms with Gasteiger partial charge in [0.2, 0.25) is 0 Å². The van der Waals surface area contributed by atoms with Crippen molar-refractivity contribution in [3.63, 3.8) is 0 Å². The number of pyridine rings is 1. The van der Waals surface area contributed by atoms with Gasteiger partial charge in [-0.25, -0.2) is 0 Å². The quantitative estimate of drug-likeness (QED) is 0.911. The molecule has 0 fully saturated rings. The number of ether oxygens (including phenoxy) is 1. The molecule has 0 saturated heterocycles. The van der Waals surface area contributed by atoms with Crippen LogP contribution < -0.4 is 10.1 Å². The third-order valence-corrected chi connectivity index (χ3v) is 3.57. The van der Waals surface area contributed by atoms with Crippen molar-refractivity contribution in [2.75, 3.05) is 6.54 Å². The Kier molecular flexibility index (Phi) is 3.47. The molecule has 1 aromatic heterocycles. The number of fused-ring (bicyclic) bond motifs is 1. The Labute approximate surface area is 113 Å². The highest BCUT2D eigenvalue weighted by Gasteiger charge is 2.22. The predicted molar refractivity (Wildman–Crippen MR) is 75.2 cm³/mol. The van der Waals surface area contributed by atoms with E-state index >= 15 is 0 Å². The zero-order valence-corrected chi connectivity index (χ0v) is 11.0. The fourth-order valence-electron chi connectivity index (χ4n) is 2.45. The van der Waals surface area contributed by atoms with Crippen LogP contribution in [-0.4, -0.2) is 17.6 Å². The maximum atomic E-state index is 5.92. The van der Waals surface area contributed by atoms with Crippen molar-refractivity contribution in [3.8, 4) is 5.75 Å². The minimum Gasteiger partial charge on any atom is -0.488 e. The molecule has 0 aliphatic carbocycles. The largest absolute Gasteiger partial charge is 0.488 e. The van der Waals surface area contributed by atoms with Crippen LogP contribution in [0, 0.1) is 0 Å². The molecule has 0 amide bonds. The molecule has 0 saturated carbocycles. The SMILES string of the molecule is C[C@H](NCC1Cc2ccccc2O1)c1ccncc1. The summed E-state index contributed by atoms with van der Waals surface area (Å²) in [6, 6.07) is 12.7. The summed E-state index contributed by atoms with van der Waals surface area (Å²) in [5.41, 5.74) is 2.57. The van der Waals surface area contributed by atoms with Crippen LogP contribution in [0.1, 0.15) is 24.1 Å². The Morgan fingerprint density at radius 1 is 1.26 bits per heavy atom. The number of rotatable bonds is 4. The van der Waals surface area contributed by atoms with Crippen LogP contribution in [0.25, 0.3) is 0 Å². The van der Waals surface area contributed by atoms with Crippen molar-refractivity contribution in [2.24, 2.45) is 0 Å². The molecule has 19 heavy (non-hydrogen) atoms. The number of para-hydroxylation sites is 1. The zero-order chi connectivity index (χ0) is 13.1. The van der Waals surface area contributed by atoms with E-state index in [9.17, 15) is 0 Å². The zero-order valence-electron chi connectivity index (χ0n) is 11.0. The van der Waals surface area contributed by atoms with E-state index in [-0.39, 0.29) is 6.10 Å². The first-order valence-electron chi connectivity index (χ1n) is 6.71. The Balaban J connectivity index is 1.55. The summed E-state index contributed by atoms with van der Waals surface area (Å²) in [7, 11) is 0. The van der Waals surface area contributed by atoms with Crippen molar-refractivity contribution >= 4 is 0 Å². The minimum atomic E-state index is 0.238. The topological polar surface area (TPSA) is 34.1 Å². The number of hydrogen-bond acceptors (Lipinski definition) is 3. The van der Waals surface area contributed by atoms with Crippen LogP contribution in [0.5, 0.6) is 5.75 Å². The van der Waals surface area contributed by atoms with Crippen molar-refractivity contribution in [2.45, 2.75) is 25.5 Å². The second-order valence-electron chi connectivity index (χ2n) is 4.96. The third-order valence-electron chi connectivity index (χ3n) is 3.57. The van der Waals surface area contributed by atoms with E-state index in [0.717, 1.165) is 18.7 Å². The van der Waals surface area contributed by atoms with Gasteiger partial charge in [-0.05, 0) is 36.2 Å². The van der Waals surface area contributed by atoms with E-state index < -0.39 is 0 Å². The fourth-order valence-corrected chi connectivity index (χ4v) is 2.45. The molecule has 0 radical (unpaired) electrons. The standard InChI is InChI=1S/C16H18N2O/c1-12(13-6-8-17-9-7-13)18-11-15-10-14-4-2-3-5-16(14)19-15/h2-9,12,15,18H,10-11H2,1H3/t12-,15?/m0/s1. The van der Waals surface area contributed by atoms with Gasteiger partial charge >= 0.3 is 0 Å². The maximum Gasteiger partial charge on any atom is 0.123 e. The molecule has 1 aliphatic rings. The second kappa shape index (κ2) is 5.41. The van der Waals surface area contributed by atoms with Gasteiger partial charge < -0.3 is 10.1 Å². The first-order chi connectivity index (χ1) is 9.33. The summed E-state index contributed by atoms with van der Waals surface area (Å²) in [6.45, 7) is 3.02. The molecule has 3 heteroatoms. The van der Waals surface area contributed by atoms with Crippen LogP contribution in [-0.2, 0) is 6.42 Å². The van der Waals surface area contributed by atoms with E-state index in [1.54, 1.807) is 0 Å². The summed E-state index contributed by atoms with van der Waals surface area (Å²) >= 11 is 0. The molecule has 3 nitrogen and oxygen atoms in total. The van der Waals surface area contributed by atoms with Crippen molar-refractivity contribution in [3.05, 3.63) is 59.9 Å². The molecule has 98 valence electrons. The number of hydrogen-bond donors (Lipinski definition) is 1. The molecule has 2 aromatic rings. The van der Waals surface area contributed by atoms with Gasteiger partial charge in [0.15, 0.2) is 0 Å². The summed E-state index contributed by atoms with van der Waals surface area (Å²) in [6.07, 6.45) is 4.89. The summed E-state index contributed by atoms with van der Waals surface area (Å²) < 4.78 is 5.92. The molecule has 0 spiro atoms. The Morgan fingerprint density at radius 2 is 2.05 bits per heavy atom. The predicted octanol–water partition coefficient (Wildman–Crippen LogP) is 2.74. The molecule has 1 unspecified atom stereocenters. The van der Waals surface area contributed by atoms with Gasteiger partial charge in [0, 0.05) is 31.4 Å². The lowest BCUT2D eigenvalue weighted by Crippen LogP contribution is -2.31. The van der Waals surface area contributed by atoms with Crippen molar-refractivity contribution in [1.29, 1.82) is 0 Å². The Morgan fingerprint density at radius 3 is 2.84 bits per heavy atom. The summed E-state index contributed by atoms with van der Waals surface area (Å²) in [4.78, 5) is 4.04. The van der Waals surface area contributed by atoms with Gasteiger partial charge in [-0.1, -0.05) is 18.2 Å². The summed E-state index contributed by atoms with van der Waals surface area (Å²) in [5, 5.41) is 3.52. The Hall–Kier alpha value is -1.87. The van der Waals surface area contributed by atoms with Gasteiger partial charge in [-0.3, -0.25) is 4.98 Å². The van der Waals surface area contributed by atoms with Crippen LogP contribution in [0.4, 0.5) is 0 Å².